The molecule has 2 heterocycles. The zero-order valence-corrected chi connectivity index (χ0v) is 14.5. The van der Waals surface area contributed by atoms with E-state index < -0.39 is 0 Å². The number of anilines is 1. The Balaban J connectivity index is 1.51. The fourth-order valence-electron chi connectivity index (χ4n) is 2.78. The number of unbranched alkanes of at least 4 members (excludes halogenated alkanes) is 1. The molecule has 0 saturated heterocycles. The average Bonchev–Trinajstić information content (AvgIpc) is 3.06. The van der Waals surface area contributed by atoms with Crippen molar-refractivity contribution in [2.45, 2.75) is 26.2 Å². The minimum atomic E-state index is -0.0636. The maximum atomic E-state index is 11.9. The number of rotatable bonds is 8. The first-order valence-electron chi connectivity index (χ1n) is 8.81. The van der Waals surface area contributed by atoms with Gasteiger partial charge in [-0.05, 0) is 36.6 Å². The van der Waals surface area contributed by atoms with Crippen molar-refractivity contribution in [3.8, 4) is 0 Å². The highest BCUT2D eigenvalue weighted by molar-refractivity contribution is 5.94. The van der Waals surface area contributed by atoms with Gasteiger partial charge in [0.15, 0.2) is 0 Å². The second-order valence-electron chi connectivity index (χ2n) is 6.08. The molecule has 5 nitrogen and oxygen atoms in total. The molecule has 5 heteroatoms. The fourth-order valence-corrected chi connectivity index (χ4v) is 2.78. The van der Waals surface area contributed by atoms with Crippen LogP contribution in [0.25, 0.3) is 10.9 Å². The first-order chi connectivity index (χ1) is 12.3. The number of hydrogen-bond acceptors (Lipinski definition) is 3. The van der Waals surface area contributed by atoms with E-state index in [1.165, 1.54) is 10.9 Å². The molecule has 25 heavy (non-hydrogen) atoms. The molecule has 1 amide bonds. The first-order valence-corrected chi connectivity index (χ1v) is 8.81. The van der Waals surface area contributed by atoms with Gasteiger partial charge >= 0.3 is 0 Å². The van der Waals surface area contributed by atoms with E-state index in [-0.39, 0.29) is 5.91 Å². The molecule has 0 bridgehead atoms. The minimum absolute atomic E-state index is 0.0636. The summed E-state index contributed by atoms with van der Waals surface area (Å²) in [7, 11) is 0. The minimum Gasteiger partial charge on any atom is -0.370 e. The lowest BCUT2D eigenvalue weighted by Crippen LogP contribution is -2.24. The summed E-state index contributed by atoms with van der Waals surface area (Å²) in [6.07, 6.45) is 6.65. The number of pyridine rings is 1. The lowest BCUT2D eigenvalue weighted by Gasteiger charge is -2.07. The number of nitrogens with one attached hydrogen (secondary N) is 3. The molecule has 0 unspecified atom stereocenters. The van der Waals surface area contributed by atoms with Crippen molar-refractivity contribution in [2.75, 3.05) is 18.4 Å². The molecule has 0 saturated carbocycles. The highest BCUT2D eigenvalue weighted by Crippen LogP contribution is 2.18. The van der Waals surface area contributed by atoms with Crippen LogP contribution in [0.2, 0.25) is 0 Å². The Labute approximate surface area is 147 Å². The Kier molecular flexibility index (Phi) is 5.67. The van der Waals surface area contributed by atoms with Gasteiger partial charge in [-0.3, -0.25) is 4.79 Å². The SMILES string of the molecule is CCCCNC(=O)c1ccc(NCCc2c[nH]c3ccccc23)nc1. The Morgan fingerprint density at radius 2 is 2.04 bits per heavy atom. The highest BCUT2D eigenvalue weighted by atomic mass is 16.1. The largest absolute Gasteiger partial charge is 0.370 e. The molecule has 0 fully saturated rings. The van der Waals surface area contributed by atoms with Crippen molar-refractivity contribution in [1.82, 2.24) is 15.3 Å². The standard InChI is InChI=1S/C20H24N4O/c1-2-3-11-22-20(25)16-8-9-19(24-14-16)21-12-10-15-13-23-18-7-5-4-6-17(15)18/h4-9,13-14,23H,2-3,10-12H2,1H3,(H,21,24)(H,22,25). The van der Waals surface area contributed by atoms with Crippen molar-refractivity contribution in [1.29, 1.82) is 0 Å². The molecule has 0 radical (unpaired) electrons. The maximum Gasteiger partial charge on any atom is 0.252 e. The number of fused-ring (bicyclic) bond motifs is 1. The van der Waals surface area contributed by atoms with Crippen LogP contribution in [-0.4, -0.2) is 29.0 Å². The summed E-state index contributed by atoms with van der Waals surface area (Å²) in [6.45, 7) is 3.60. The normalized spacial score (nSPS) is 10.8. The van der Waals surface area contributed by atoms with Crippen molar-refractivity contribution in [3.05, 3.63) is 59.9 Å². The number of carbonyl (C=O) groups excluding carboxylic acids is 1. The molecule has 130 valence electrons. The Morgan fingerprint density at radius 1 is 1.16 bits per heavy atom. The molecule has 3 aromatic rings. The second-order valence-corrected chi connectivity index (χ2v) is 6.08. The molecule has 0 aliphatic rings. The lowest BCUT2D eigenvalue weighted by atomic mass is 10.1. The zero-order chi connectivity index (χ0) is 17.5. The van der Waals surface area contributed by atoms with Crippen molar-refractivity contribution in [2.24, 2.45) is 0 Å². The summed E-state index contributed by atoms with van der Waals surface area (Å²) in [4.78, 5) is 19.6. The molecular weight excluding hydrogens is 312 g/mol. The summed E-state index contributed by atoms with van der Waals surface area (Å²) in [5.41, 5.74) is 3.04. The van der Waals surface area contributed by atoms with Crippen LogP contribution in [-0.2, 0) is 6.42 Å². The van der Waals surface area contributed by atoms with Gasteiger partial charge in [0.1, 0.15) is 5.82 Å². The van der Waals surface area contributed by atoms with Crippen LogP contribution in [0.3, 0.4) is 0 Å². The maximum absolute atomic E-state index is 11.9. The molecule has 0 atom stereocenters. The van der Waals surface area contributed by atoms with Crippen LogP contribution in [0.4, 0.5) is 5.82 Å². The molecular formula is C20H24N4O. The van der Waals surface area contributed by atoms with E-state index in [1.54, 1.807) is 6.20 Å². The average molecular weight is 336 g/mol. The summed E-state index contributed by atoms with van der Waals surface area (Å²) >= 11 is 0. The molecule has 0 aliphatic carbocycles. The van der Waals surface area contributed by atoms with E-state index in [0.29, 0.717) is 12.1 Å². The Morgan fingerprint density at radius 3 is 2.84 bits per heavy atom. The quantitative estimate of drug-likeness (QED) is 0.549. The van der Waals surface area contributed by atoms with E-state index in [1.807, 2.05) is 18.2 Å². The smallest absolute Gasteiger partial charge is 0.252 e. The number of nitrogens with zero attached hydrogens (tertiary/aromatic N) is 1. The van der Waals surface area contributed by atoms with Gasteiger partial charge in [0.25, 0.3) is 5.91 Å². The Hall–Kier alpha value is -2.82. The number of amides is 1. The number of aromatic nitrogens is 2. The molecule has 1 aromatic carbocycles. The first kappa shape index (κ1) is 17.0. The third-order valence-electron chi connectivity index (χ3n) is 4.22. The predicted molar refractivity (Wildman–Crippen MR) is 102 cm³/mol. The van der Waals surface area contributed by atoms with Crippen LogP contribution in [0.5, 0.6) is 0 Å². The summed E-state index contributed by atoms with van der Waals surface area (Å²) < 4.78 is 0. The number of aromatic amines is 1. The summed E-state index contributed by atoms with van der Waals surface area (Å²) in [6, 6.07) is 12.0. The second kappa shape index (κ2) is 8.33. The third kappa shape index (κ3) is 4.38. The van der Waals surface area contributed by atoms with E-state index >= 15 is 0 Å². The van der Waals surface area contributed by atoms with Crippen LogP contribution in [0.1, 0.15) is 35.7 Å². The van der Waals surface area contributed by atoms with Crippen LogP contribution < -0.4 is 10.6 Å². The van der Waals surface area contributed by atoms with E-state index in [4.69, 9.17) is 0 Å². The van der Waals surface area contributed by atoms with E-state index in [0.717, 1.165) is 37.1 Å². The molecule has 2 aromatic heterocycles. The third-order valence-corrected chi connectivity index (χ3v) is 4.22. The van der Waals surface area contributed by atoms with Gasteiger partial charge in [-0.15, -0.1) is 0 Å². The van der Waals surface area contributed by atoms with Crippen LogP contribution in [0, 0.1) is 0 Å². The fraction of sp³-hybridized carbons (Fsp3) is 0.300. The number of para-hydroxylation sites is 1. The molecule has 0 aliphatic heterocycles. The van der Waals surface area contributed by atoms with Gasteiger partial charge in [0, 0.05) is 36.4 Å². The van der Waals surface area contributed by atoms with Crippen molar-refractivity contribution >= 4 is 22.6 Å². The van der Waals surface area contributed by atoms with Gasteiger partial charge in [-0.25, -0.2) is 4.98 Å². The predicted octanol–water partition coefficient (Wildman–Crippen LogP) is 3.75. The van der Waals surface area contributed by atoms with Gasteiger partial charge in [-0.1, -0.05) is 31.5 Å². The van der Waals surface area contributed by atoms with Crippen molar-refractivity contribution < 1.29 is 4.79 Å². The number of hydrogen-bond donors (Lipinski definition) is 3. The topological polar surface area (TPSA) is 69.8 Å². The van der Waals surface area contributed by atoms with Crippen LogP contribution in [0.15, 0.2) is 48.8 Å². The number of carbonyl (C=O) groups is 1. The van der Waals surface area contributed by atoms with Gasteiger partial charge in [-0.2, -0.15) is 0 Å². The molecule has 3 N–H and O–H groups in total. The van der Waals surface area contributed by atoms with E-state index in [9.17, 15) is 4.79 Å². The van der Waals surface area contributed by atoms with Gasteiger partial charge in [0.2, 0.25) is 0 Å². The Bertz CT molecular complexity index is 823. The molecule has 0 spiro atoms. The van der Waals surface area contributed by atoms with Gasteiger partial charge < -0.3 is 15.6 Å². The molecule has 3 rings (SSSR count). The number of benzene rings is 1. The zero-order valence-electron chi connectivity index (χ0n) is 14.5. The number of H-pyrrole nitrogens is 1. The van der Waals surface area contributed by atoms with Crippen molar-refractivity contribution in [3.63, 3.8) is 0 Å². The highest BCUT2D eigenvalue weighted by Gasteiger charge is 2.06. The van der Waals surface area contributed by atoms with Crippen LogP contribution >= 0.6 is 0 Å². The van der Waals surface area contributed by atoms with Gasteiger partial charge in [0.05, 0.1) is 5.56 Å². The monoisotopic (exact) mass is 336 g/mol. The summed E-state index contributed by atoms with van der Waals surface area (Å²) in [5, 5.41) is 7.47. The summed E-state index contributed by atoms with van der Waals surface area (Å²) in [5.74, 6) is 0.719. The lowest BCUT2D eigenvalue weighted by molar-refractivity contribution is 0.0953. The van der Waals surface area contributed by atoms with E-state index in [2.05, 4.69) is 51.9 Å².